The first-order valence-electron chi connectivity index (χ1n) is 5.24. The molecule has 0 radical (unpaired) electrons. The van der Waals surface area contributed by atoms with E-state index in [1.807, 2.05) is 6.92 Å². The van der Waals surface area contributed by atoms with Gasteiger partial charge in [-0.2, -0.15) is 0 Å². The number of sulfonamides is 1. The Balaban J connectivity index is 2.99. The van der Waals surface area contributed by atoms with Crippen LogP contribution in [0.2, 0.25) is 4.34 Å². The first kappa shape index (κ1) is 15.4. The molecule has 0 aromatic carbocycles. The van der Waals surface area contributed by atoms with E-state index >= 15 is 0 Å². The van der Waals surface area contributed by atoms with Crippen molar-refractivity contribution < 1.29 is 13.3 Å². The Hall–Kier alpha value is -0.700. The number of hydrogen-bond acceptors (Lipinski definition) is 5. The van der Waals surface area contributed by atoms with Crippen LogP contribution < -0.4 is 4.72 Å². The van der Waals surface area contributed by atoms with Crippen molar-refractivity contribution >= 4 is 38.6 Å². The van der Waals surface area contributed by atoms with Crippen molar-refractivity contribution in [1.82, 2.24) is 4.72 Å². The van der Waals surface area contributed by atoms with E-state index in [-0.39, 0.29) is 20.3 Å². The van der Waals surface area contributed by atoms with Gasteiger partial charge in [0, 0.05) is 12.1 Å². The molecule has 0 bridgehead atoms. The number of hydrogen-bond donors (Lipinski definition) is 1. The Morgan fingerprint density at radius 3 is 2.67 bits per heavy atom. The number of thiophene rings is 1. The highest BCUT2D eigenvalue weighted by Crippen LogP contribution is 2.36. The minimum atomic E-state index is -3.74. The van der Waals surface area contributed by atoms with Crippen LogP contribution in [0.15, 0.2) is 10.3 Å². The maximum atomic E-state index is 11.9. The molecule has 0 fully saturated rings. The first-order valence-corrected chi connectivity index (χ1v) is 7.91. The van der Waals surface area contributed by atoms with Crippen LogP contribution in [0.1, 0.15) is 26.7 Å². The number of nitrogens with one attached hydrogen (secondary N) is 1. The van der Waals surface area contributed by atoms with Crippen LogP contribution >= 0.6 is 22.9 Å². The molecule has 0 saturated carbocycles. The molecule has 0 aliphatic rings. The highest BCUT2D eigenvalue weighted by Gasteiger charge is 2.26. The van der Waals surface area contributed by atoms with Crippen LogP contribution in [0.4, 0.5) is 5.69 Å². The lowest BCUT2D eigenvalue weighted by Crippen LogP contribution is -2.31. The molecule has 0 amide bonds. The Labute approximate surface area is 114 Å². The van der Waals surface area contributed by atoms with Gasteiger partial charge in [0.25, 0.3) is 15.7 Å². The minimum Gasteiger partial charge on any atom is -0.258 e. The van der Waals surface area contributed by atoms with Gasteiger partial charge in [-0.05, 0) is 13.3 Å². The van der Waals surface area contributed by atoms with Crippen molar-refractivity contribution in [3.05, 3.63) is 20.5 Å². The van der Waals surface area contributed by atoms with Crippen molar-refractivity contribution in [3.63, 3.8) is 0 Å². The third kappa shape index (κ3) is 3.64. The maximum Gasteiger partial charge on any atom is 0.300 e. The third-order valence-corrected chi connectivity index (χ3v) is 5.59. The van der Waals surface area contributed by atoms with Crippen LogP contribution in [-0.4, -0.2) is 19.4 Å². The van der Waals surface area contributed by atoms with E-state index in [0.29, 0.717) is 17.8 Å². The molecule has 102 valence electrons. The molecule has 0 spiro atoms. The fraction of sp³-hybridized carbons (Fsp3) is 0.556. The zero-order valence-electron chi connectivity index (χ0n) is 9.84. The Morgan fingerprint density at radius 1 is 1.61 bits per heavy atom. The van der Waals surface area contributed by atoms with Gasteiger partial charge in [-0.25, -0.2) is 13.1 Å². The summed E-state index contributed by atoms with van der Waals surface area (Å²) in [4.78, 5) is 9.90. The third-order valence-electron chi connectivity index (χ3n) is 2.19. The SMILES string of the molecule is CCCC(C)NS(=O)(=O)c1cc([N+](=O)[O-])c(Cl)s1. The fourth-order valence-corrected chi connectivity index (χ4v) is 4.37. The molecule has 18 heavy (non-hydrogen) atoms. The smallest absolute Gasteiger partial charge is 0.258 e. The van der Waals surface area contributed by atoms with E-state index in [9.17, 15) is 18.5 Å². The van der Waals surface area contributed by atoms with Crippen molar-refractivity contribution in [2.45, 2.75) is 36.9 Å². The van der Waals surface area contributed by atoms with Gasteiger partial charge in [-0.3, -0.25) is 10.1 Å². The van der Waals surface area contributed by atoms with Gasteiger partial charge < -0.3 is 0 Å². The predicted octanol–water partition coefficient (Wildman–Crippen LogP) is 2.78. The number of nitrogens with zero attached hydrogens (tertiary/aromatic N) is 1. The second-order valence-corrected chi connectivity index (χ2v) is 7.39. The highest BCUT2D eigenvalue weighted by molar-refractivity contribution is 7.91. The number of nitro groups is 1. The number of halogens is 1. The van der Waals surface area contributed by atoms with Crippen molar-refractivity contribution in [3.8, 4) is 0 Å². The molecule has 9 heteroatoms. The van der Waals surface area contributed by atoms with E-state index in [1.165, 1.54) is 0 Å². The summed E-state index contributed by atoms with van der Waals surface area (Å²) in [6.45, 7) is 3.68. The summed E-state index contributed by atoms with van der Waals surface area (Å²) in [6.07, 6.45) is 1.54. The topological polar surface area (TPSA) is 89.3 Å². The van der Waals surface area contributed by atoms with Crippen LogP contribution in [0.25, 0.3) is 0 Å². The lowest BCUT2D eigenvalue weighted by Gasteiger charge is -2.11. The second-order valence-electron chi connectivity index (χ2n) is 3.79. The van der Waals surface area contributed by atoms with Gasteiger partial charge in [0.1, 0.15) is 4.21 Å². The molecule has 1 rings (SSSR count). The van der Waals surface area contributed by atoms with Gasteiger partial charge in [-0.1, -0.05) is 24.9 Å². The van der Waals surface area contributed by atoms with Crippen molar-refractivity contribution in [2.75, 3.05) is 0 Å². The molecule has 0 aliphatic heterocycles. The Kier molecular flexibility index (Phi) is 5.09. The van der Waals surface area contributed by atoms with Gasteiger partial charge in [0.2, 0.25) is 0 Å². The minimum absolute atomic E-state index is 0.136. The number of rotatable bonds is 6. The molecule has 6 nitrogen and oxygen atoms in total. The first-order chi connectivity index (χ1) is 8.27. The molecule has 0 saturated heterocycles. The molecule has 0 aliphatic carbocycles. The van der Waals surface area contributed by atoms with E-state index < -0.39 is 14.9 Å². The van der Waals surface area contributed by atoms with Gasteiger partial charge in [0.15, 0.2) is 4.34 Å². The molecule has 1 N–H and O–H groups in total. The Bertz CT molecular complexity index is 541. The lowest BCUT2D eigenvalue weighted by atomic mass is 10.2. The second kappa shape index (κ2) is 5.96. The van der Waals surface area contributed by atoms with E-state index in [4.69, 9.17) is 11.6 Å². The van der Waals surface area contributed by atoms with Crippen molar-refractivity contribution in [1.29, 1.82) is 0 Å². The molecule has 1 aromatic heterocycles. The van der Waals surface area contributed by atoms with E-state index in [0.717, 1.165) is 12.5 Å². The van der Waals surface area contributed by atoms with E-state index in [1.54, 1.807) is 6.92 Å². The highest BCUT2D eigenvalue weighted by atomic mass is 35.5. The lowest BCUT2D eigenvalue weighted by molar-refractivity contribution is -0.384. The van der Waals surface area contributed by atoms with Crippen molar-refractivity contribution in [2.24, 2.45) is 0 Å². The van der Waals surface area contributed by atoms with Gasteiger partial charge in [0.05, 0.1) is 4.92 Å². The molecule has 1 atom stereocenters. The van der Waals surface area contributed by atoms with Crippen LogP contribution in [0.3, 0.4) is 0 Å². The van der Waals surface area contributed by atoms with E-state index in [2.05, 4.69) is 4.72 Å². The van der Waals surface area contributed by atoms with Crippen LogP contribution in [0, 0.1) is 10.1 Å². The summed E-state index contributed by atoms with van der Waals surface area (Å²) in [5.41, 5.74) is -0.384. The predicted molar refractivity (Wildman–Crippen MR) is 70.7 cm³/mol. The van der Waals surface area contributed by atoms with Crippen LogP contribution in [-0.2, 0) is 10.0 Å². The quantitative estimate of drug-likeness (QED) is 0.646. The maximum absolute atomic E-state index is 11.9. The summed E-state index contributed by atoms with van der Waals surface area (Å²) in [6, 6.07) is 0.758. The Morgan fingerprint density at radius 2 is 2.22 bits per heavy atom. The monoisotopic (exact) mass is 312 g/mol. The van der Waals surface area contributed by atoms with Gasteiger partial charge >= 0.3 is 0 Å². The zero-order valence-corrected chi connectivity index (χ0v) is 12.2. The molecule has 1 heterocycles. The molecular formula is C9H13ClN2O4S2. The largest absolute Gasteiger partial charge is 0.300 e. The molecular weight excluding hydrogens is 300 g/mol. The zero-order chi connectivity index (χ0) is 13.9. The molecule has 1 aromatic rings. The average molecular weight is 313 g/mol. The summed E-state index contributed by atoms with van der Waals surface area (Å²) in [7, 11) is -3.74. The van der Waals surface area contributed by atoms with Gasteiger partial charge in [-0.15, -0.1) is 11.3 Å². The summed E-state index contributed by atoms with van der Waals surface area (Å²) in [5.74, 6) is 0. The molecule has 1 unspecified atom stereocenters. The standard InChI is InChI=1S/C9H13ClN2O4S2/c1-3-4-6(2)11-18(15,16)8-5-7(12(13)14)9(10)17-8/h5-6,11H,3-4H2,1-2H3. The normalized spacial score (nSPS) is 13.5. The summed E-state index contributed by atoms with van der Waals surface area (Å²) in [5, 5.41) is 10.6. The summed E-state index contributed by atoms with van der Waals surface area (Å²) < 4.78 is 26.0. The average Bonchev–Trinajstić information content (AvgIpc) is 2.60. The van der Waals surface area contributed by atoms with Crippen LogP contribution in [0.5, 0.6) is 0 Å². The summed E-state index contributed by atoms with van der Waals surface area (Å²) >= 11 is 6.31. The fourth-order valence-electron chi connectivity index (χ4n) is 1.41.